The molecule has 0 bridgehead atoms. The van der Waals surface area contributed by atoms with Gasteiger partial charge in [0.15, 0.2) is 23.7 Å². The number of carbonyl (C=O) groups is 1. The van der Waals surface area contributed by atoms with Gasteiger partial charge in [0.05, 0.1) is 0 Å². The highest BCUT2D eigenvalue weighted by molar-refractivity contribution is 5.85. The number of benzene rings is 3. The Hall–Kier alpha value is -3.53. The minimum absolute atomic E-state index is 0.276. The zero-order valence-electron chi connectivity index (χ0n) is 14.5. The van der Waals surface area contributed by atoms with Gasteiger partial charge in [-0.15, -0.1) is 0 Å². The maximum absolute atomic E-state index is 10.8. The highest BCUT2D eigenvalue weighted by atomic mass is 16.6. The van der Waals surface area contributed by atoms with Gasteiger partial charge in [-0.05, 0) is 34.9 Å². The summed E-state index contributed by atoms with van der Waals surface area (Å²) < 4.78 is 12.6. The first-order valence-corrected chi connectivity index (χ1v) is 8.69. The fraction of sp³-hybridized carbons (Fsp3) is 0.0870. The van der Waals surface area contributed by atoms with Gasteiger partial charge in [-0.25, -0.2) is 4.79 Å². The average Bonchev–Trinajstić information content (AvgIpc) is 2.72. The van der Waals surface area contributed by atoms with E-state index in [-0.39, 0.29) is 12.2 Å². The van der Waals surface area contributed by atoms with E-state index in [4.69, 9.17) is 14.6 Å². The van der Waals surface area contributed by atoms with Crippen molar-refractivity contribution in [2.75, 3.05) is 0 Å². The molecular weight excluding hydrogens is 340 g/mol. The Morgan fingerprint density at radius 3 is 1.89 bits per heavy atom. The van der Waals surface area contributed by atoms with E-state index < -0.39 is 5.97 Å². The maximum Gasteiger partial charge on any atom is 0.328 e. The van der Waals surface area contributed by atoms with E-state index in [2.05, 4.69) is 0 Å². The second kappa shape index (κ2) is 7.38. The zero-order valence-corrected chi connectivity index (χ0v) is 14.5. The molecule has 0 spiro atoms. The minimum Gasteiger partial charge on any atom is -0.478 e. The summed E-state index contributed by atoms with van der Waals surface area (Å²) >= 11 is 0. The number of hydrogen-bond acceptors (Lipinski definition) is 3. The van der Waals surface area contributed by atoms with Gasteiger partial charge in [0.1, 0.15) is 0 Å². The Balaban J connectivity index is 1.73. The van der Waals surface area contributed by atoms with Crippen molar-refractivity contribution in [1.82, 2.24) is 0 Å². The third kappa shape index (κ3) is 3.70. The van der Waals surface area contributed by atoms with Gasteiger partial charge in [0, 0.05) is 6.08 Å². The quantitative estimate of drug-likeness (QED) is 0.664. The summed E-state index contributed by atoms with van der Waals surface area (Å²) in [4.78, 5) is 10.8. The van der Waals surface area contributed by atoms with Crippen LogP contribution < -0.4 is 9.47 Å². The Bertz CT molecular complexity index is 964. The summed E-state index contributed by atoms with van der Waals surface area (Å²) in [5.41, 5.74) is 2.79. The second-order valence-corrected chi connectivity index (χ2v) is 6.28. The summed E-state index contributed by atoms with van der Waals surface area (Å²) in [5, 5.41) is 8.82. The number of fused-ring (bicyclic) bond motifs is 1. The third-order valence-corrected chi connectivity index (χ3v) is 4.43. The first-order chi connectivity index (χ1) is 13.2. The van der Waals surface area contributed by atoms with E-state index in [0.29, 0.717) is 11.5 Å². The van der Waals surface area contributed by atoms with Crippen molar-refractivity contribution in [3.63, 3.8) is 0 Å². The predicted molar refractivity (Wildman–Crippen MR) is 103 cm³/mol. The molecule has 1 aliphatic heterocycles. The largest absolute Gasteiger partial charge is 0.478 e. The molecule has 1 heterocycles. The molecule has 0 aromatic heterocycles. The van der Waals surface area contributed by atoms with Crippen molar-refractivity contribution in [3.8, 4) is 11.5 Å². The second-order valence-electron chi connectivity index (χ2n) is 6.28. The van der Waals surface area contributed by atoms with E-state index in [0.717, 1.165) is 22.8 Å². The van der Waals surface area contributed by atoms with Crippen LogP contribution in [0.2, 0.25) is 0 Å². The Morgan fingerprint density at radius 1 is 0.778 bits per heavy atom. The van der Waals surface area contributed by atoms with Crippen LogP contribution in [0.3, 0.4) is 0 Å². The standard InChI is InChI=1S/C23H18O4/c24-21(25)14-12-16-11-13-19-20(15-16)27-23(18-9-5-2-6-10-18)22(26-19)17-7-3-1-4-8-17/h1-15,22-23H,(H,24,25)/b14-12+. The van der Waals surface area contributed by atoms with Crippen molar-refractivity contribution >= 4 is 12.0 Å². The maximum atomic E-state index is 10.8. The molecule has 2 atom stereocenters. The third-order valence-electron chi connectivity index (χ3n) is 4.43. The highest BCUT2D eigenvalue weighted by Gasteiger charge is 2.34. The molecule has 3 aromatic rings. The lowest BCUT2D eigenvalue weighted by atomic mass is 9.96. The monoisotopic (exact) mass is 358 g/mol. The van der Waals surface area contributed by atoms with Gasteiger partial charge in [0.25, 0.3) is 0 Å². The lowest BCUT2D eigenvalue weighted by Crippen LogP contribution is -2.26. The molecule has 2 unspecified atom stereocenters. The highest BCUT2D eigenvalue weighted by Crippen LogP contribution is 2.46. The van der Waals surface area contributed by atoms with E-state index >= 15 is 0 Å². The van der Waals surface area contributed by atoms with Gasteiger partial charge in [-0.3, -0.25) is 0 Å². The van der Waals surface area contributed by atoms with Crippen LogP contribution >= 0.6 is 0 Å². The smallest absolute Gasteiger partial charge is 0.328 e. The van der Waals surface area contributed by atoms with Crippen molar-refractivity contribution in [3.05, 3.63) is 102 Å². The van der Waals surface area contributed by atoms with E-state index in [1.54, 1.807) is 6.07 Å². The van der Waals surface area contributed by atoms with Gasteiger partial charge in [-0.2, -0.15) is 0 Å². The lowest BCUT2D eigenvalue weighted by Gasteiger charge is -2.34. The van der Waals surface area contributed by atoms with Crippen LogP contribution in [-0.4, -0.2) is 11.1 Å². The summed E-state index contributed by atoms with van der Waals surface area (Å²) in [5.74, 6) is 0.253. The van der Waals surface area contributed by atoms with Gasteiger partial charge < -0.3 is 14.6 Å². The van der Waals surface area contributed by atoms with Crippen LogP contribution in [0.15, 0.2) is 84.9 Å². The van der Waals surface area contributed by atoms with Gasteiger partial charge in [-0.1, -0.05) is 66.7 Å². The zero-order chi connectivity index (χ0) is 18.6. The normalized spacial score (nSPS) is 18.4. The van der Waals surface area contributed by atoms with Crippen LogP contribution in [0, 0.1) is 0 Å². The molecule has 3 aromatic carbocycles. The molecule has 0 fully saturated rings. The van der Waals surface area contributed by atoms with Crippen molar-refractivity contribution in [2.24, 2.45) is 0 Å². The molecule has 0 aliphatic carbocycles. The number of ether oxygens (including phenoxy) is 2. The van der Waals surface area contributed by atoms with E-state index in [9.17, 15) is 4.79 Å². The van der Waals surface area contributed by atoms with Crippen molar-refractivity contribution in [1.29, 1.82) is 0 Å². The van der Waals surface area contributed by atoms with E-state index in [1.165, 1.54) is 6.08 Å². The number of carboxylic acids is 1. The first-order valence-electron chi connectivity index (χ1n) is 8.69. The summed E-state index contributed by atoms with van der Waals surface area (Å²) in [7, 11) is 0. The van der Waals surface area contributed by atoms with Crippen molar-refractivity contribution in [2.45, 2.75) is 12.2 Å². The van der Waals surface area contributed by atoms with Crippen LogP contribution in [0.5, 0.6) is 11.5 Å². The molecule has 0 saturated carbocycles. The average molecular weight is 358 g/mol. The lowest BCUT2D eigenvalue weighted by molar-refractivity contribution is -0.131. The van der Waals surface area contributed by atoms with E-state index in [1.807, 2.05) is 72.8 Å². The Labute approximate surface area is 157 Å². The Kier molecular flexibility index (Phi) is 4.62. The molecule has 0 amide bonds. The van der Waals surface area contributed by atoms with Gasteiger partial charge in [0.2, 0.25) is 0 Å². The molecule has 4 rings (SSSR count). The molecule has 1 aliphatic rings. The molecule has 0 saturated heterocycles. The fourth-order valence-corrected chi connectivity index (χ4v) is 3.15. The molecule has 27 heavy (non-hydrogen) atoms. The fourth-order valence-electron chi connectivity index (χ4n) is 3.15. The number of aliphatic carboxylic acids is 1. The van der Waals surface area contributed by atoms with Crippen LogP contribution in [0.25, 0.3) is 6.08 Å². The molecular formula is C23H18O4. The van der Waals surface area contributed by atoms with Crippen LogP contribution in [0.1, 0.15) is 28.9 Å². The number of rotatable bonds is 4. The molecule has 4 nitrogen and oxygen atoms in total. The SMILES string of the molecule is O=C(O)/C=C/c1ccc2c(c1)OC(c1ccccc1)C(c1ccccc1)O2. The number of carboxylic acid groups (broad SMARTS) is 1. The molecule has 4 heteroatoms. The molecule has 1 N–H and O–H groups in total. The topological polar surface area (TPSA) is 55.8 Å². The summed E-state index contributed by atoms with van der Waals surface area (Å²) in [6.07, 6.45) is 2.06. The Morgan fingerprint density at radius 2 is 1.33 bits per heavy atom. The van der Waals surface area contributed by atoms with Gasteiger partial charge >= 0.3 is 5.97 Å². The molecule has 134 valence electrons. The van der Waals surface area contributed by atoms with Crippen molar-refractivity contribution < 1.29 is 19.4 Å². The molecule has 0 radical (unpaired) electrons. The first kappa shape index (κ1) is 16.9. The van der Waals surface area contributed by atoms with Crippen LogP contribution in [0.4, 0.5) is 0 Å². The minimum atomic E-state index is -0.990. The predicted octanol–water partition coefficient (Wildman–Crippen LogP) is 5.04. The number of hydrogen-bond donors (Lipinski definition) is 1. The summed E-state index contributed by atoms with van der Waals surface area (Å²) in [6.45, 7) is 0. The van der Waals surface area contributed by atoms with Crippen LogP contribution in [-0.2, 0) is 4.79 Å². The summed E-state index contributed by atoms with van der Waals surface area (Å²) in [6, 6.07) is 25.4.